The van der Waals surface area contributed by atoms with E-state index in [4.69, 9.17) is 4.42 Å². The topological polar surface area (TPSA) is 86.2 Å². The van der Waals surface area contributed by atoms with Gasteiger partial charge in [0, 0.05) is 31.8 Å². The Balaban J connectivity index is 1.31. The van der Waals surface area contributed by atoms with E-state index in [1.165, 1.54) is 16.0 Å². The first kappa shape index (κ1) is 19.8. The zero-order chi connectivity index (χ0) is 20.9. The third-order valence-corrected chi connectivity index (χ3v) is 5.45. The normalized spacial score (nSPS) is 11.0. The molecule has 0 aliphatic rings. The predicted octanol–water partition coefficient (Wildman–Crippen LogP) is 2.86. The van der Waals surface area contributed by atoms with Crippen molar-refractivity contribution in [1.82, 2.24) is 24.5 Å². The molecule has 4 rings (SSSR count). The number of hydrogen-bond donors (Lipinski definition) is 0. The van der Waals surface area contributed by atoms with Gasteiger partial charge in [0.05, 0.1) is 24.2 Å². The van der Waals surface area contributed by atoms with Gasteiger partial charge in [0.15, 0.2) is 0 Å². The van der Waals surface area contributed by atoms with E-state index in [0.717, 1.165) is 16.0 Å². The van der Waals surface area contributed by atoms with E-state index in [9.17, 15) is 9.59 Å². The summed E-state index contributed by atoms with van der Waals surface area (Å²) in [4.78, 5) is 26.9. The fraction of sp³-hybridized carbons (Fsp3) is 0.238. The van der Waals surface area contributed by atoms with Crippen LogP contribution in [0.3, 0.4) is 0 Å². The molecule has 9 heteroatoms. The molecule has 0 fully saturated rings. The lowest BCUT2D eigenvalue weighted by Crippen LogP contribution is -2.28. The number of aromatic nitrogens is 4. The van der Waals surface area contributed by atoms with Gasteiger partial charge >= 0.3 is 5.76 Å². The first-order valence-electron chi connectivity index (χ1n) is 9.49. The SMILES string of the molecule is CN(Cc1cnn(Cc2ccccc2)c1)C(=O)CCn1nc(-c2cccs2)oc1=O. The Morgan fingerprint density at radius 2 is 2.00 bits per heavy atom. The van der Waals surface area contributed by atoms with Gasteiger partial charge < -0.3 is 9.32 Å². The lowest BCUT2D eigenvalue weighted by Gasteiger charge is -2.15. The summed E-state index contributed by atoms with van der Waals surface area (Å²) in [6.07, 6.45) is 3.86. The Morgan fingerprint density at radius 1 is 1.17 bits per heavy atom. The highest BCUT2D eigenvalue weighted by atomic mass is 32.1. The molecule has 0 bridgehead atoms. The van der Waals surface area contributed by atoms with Crippen LogP contribution < -0.4 is 5.76 Å². The van der Waals surface area contributed by atoms with Gasteiger partial charge in [-0.3, -0.25) is 9.48 Å². The zero-order valence-corrected chi connectivity index (χ0v) is 17.3. The van der Waals surface area contributed by atoms with Gasteiger partial charge in [0.25, 0.3) is 5.89 Å². The molecule has 154 valence electrons. The molecule has 0 saturated carbocycles. The average Bonchev–Trinajstić information content (AvgIpc) is 3.49. The summed E-state index contributed by atoms with van der Waals surface area (Å²) in [5.41, 5.74) is 2.11. The second kappa shape index (κ2) is 8.91. The molecular weight excluding hydrogens is 402 g/mol. The molecule has 3 heterocycles. The van der Waals surface area contributed by atoms with Crippen LogP contribution >= 0.6 is 11.3 Å². The van der Waals surface area contributed by atoms with E-state index < -0.39 is 5.76 Å². The van der Waals surface area contributed by atoms with Crippen LogP contribution in [0.15, 0.2) is 69.5 Å². The molecule has 0 atom stereocenters. The molecule has 8 nitrogen and oxygen atoms in total. The molecule has 0 radical (unpaired) electrons. The molecule has 0 aliphatic heterocycles. The average molecular weight is 423 g/mol. The van der Waals surface area contributed by atoms with Crippen LogP contribution in [-0.2, 0) is 24.4 Å². The van der Waals surface area contributed by atoms with Crippen molar-refractivity contribution < 1.29 is 9.21 Å². The van der Waals surface area contributed by atoms with Crippen molar-refractivity contribution in [1.29, 1.82) is 0 Å². The maximum Gasteiger partial charge on any atom is 0.437 e. The summed E-state index contributed by atoms with van der Waals surface area (Å²) in [7, 11) is 1.74. The molecule has 3 aromatic heterocycles. The first-order chi connectivity index (χ1) is 14.6. The second-order valence-corrected chi connectivity index (χ2v) is 7.85. The number of aryl methyl sites for hydroxylation is 1. The van der Waals surface area contributed by atoms with Gasteiger partial charge in [0.1, 0.15) is 0 Å². The van der Waals surface area contributed by atoms with Gasteiger partial charge in [0.2, 0.25) is 5.91 Å². The molecule has 0 spiro atoms. The molecule has 4 aromatic rings. The first-order valence-corrected chi connectivity index (χ1v) is 10.4. The van der Waals surface area contributed by atoms with E-state index in [1.807, 2.05) is 58.7 Å². The summed E-state index contributed by atoms with van der Waals surface area (Å²) >= 11 is 1.44. The molecule has 0 unspecified atom stereocenters. The highest BCUT2D eigenvalue weighted by molar-refractivity contribution is 7.13. The van der Waals surface area contributed by atoms with Crippen LogP contribution in [0.25, 0.3) is 10.8 Å². The number of rotatable bonds is 8. The van der Waals surface area contributed by atoms with Crippen molar-refractivity contribution in [3.05, 3.63) is 81.9 Å². The minimum absolute atomic E-state index is 0.0848. The Kier molecular flexibility index (Phi) is 5.89. The number of amides is 1. The lowest BCUT2D eigenvalue weighted by molar-refractivity contribution is -0.130. The highest BCUT2D eigenvalue weighted by Gasteiger charge is 2.15. The van der Waals surface area contributed by atoms with Gasteiger partial charge in [-0.1, -0.05) is 36.4 Å². The molecule has 1 aromatic carbocycles. The minimum atomic E-state index is -0.559. The zero-order valence-electron chi connectivity index (χ0n) is 16.5. The smallest absolute Gasteiger partial charge is 0.387 e. The van der Waals surface area contributed by atoms with E-state index in [1.54, 1.807) is 18.1 Å². The highest BCUT2D eigenvalue weighted by Crippen LogP contribution is 2.21. The number of thiophene rings is 1. The van der Waals surface area contributed by atoms with Gasteiger partial charge in [-0.05, 0) is 17.0 Å². The number of carbonyl (C=O) groups excluding carboxylic acids is 1. The largest absolute Gasteiger partial charge is 0.437 e. The summed E-state index contributed by atoms with van der Waals surface area (Å²) in [6.45, 7) is 1.30. The summed E-state index contributed by atoms with van der Waals surface area (Å²) in [6, 6.07) is 13.8. The fourth-order valence-electron chi connectivity index (χ4n) is 3.05. The molecule has 1 amide bonds. The Hall–Kier alpha value is -3.46. The van der Waals surface area contributed by atoms with E-state index in [-0.39, 0.29) is 24.8 Å². The van der Waals surface area contributed by atoms with E-state index in [2.05, 4.69) is 10.2 Å². The number of carbonyl (C=O) groups is 1. The van der Waals surface area contributed by atoms with Crippen molar-refractivity contribution >= 4 is 17.2 Å². The fourth-order valence-corrected chi connectivity index (χ4v) is 3.69. The van der Waals surface area contributed by atoms with Crippen LogP contribution in [0.1, 0.15) is 17.5 Å². The molecule has 0 saturated heterocycles. The van der Waals surface area contributed by atoms with Crippen LogP contribution in [0.4, 0.5) is 0 Å². The summed E-state index contributed by atoms with van der Waals surface area (Å²) in [5, 5.41) is 10.4. The standard InChI is InChI=1S/C21H21N5O3S/c1-24(13-17-12-22-25(15-17)14-16-6-3-2-4-7-16)19(27)9-10-26-21(28)29-20(23-26)18-8-5-11-30-18/h2-8,11-12,15H,9-10,13-14H2,1H3. The van der Waals surface area contributed by atoms with E-state index in [0.29, 0.717) is 13.1 Å². The summed E-state index contributed by atoms with van der Waals surface area (Å²) in [5.74, 6) is -0.365. The molecular formula is C21H21N5O3S. The monoisotopic (exact) mass is 423 g/mol. The van der Waals surface area contributed by atoms with Gasteiger partial charge in [-0.25, -0.2) is 4.79 Å². The summed E-state index contributed by atoms with van der Waals surface area (Å²) < 4.78 is 8.21. The number of hydrogen-bond acceptors (Lipinski definition) is 6. The van der Waals surface area contributed by atoms with Gasteiger partial charge in [-0.15, -0.1) is 16.4 Å². The van der Waals surface area contributed by atoms with E-state index >= 15 is 0 Å². The molecule has 0 aliphatic carbocycles. The van der Waals surface area contributed by atoms with Gasteiger partial charge in [-0.2, -0.15) is 9.78 Å². The second-order valence-electron chi connectivity index (χ2n) is 6.91. The predicted molar refractivity (Wildman–Crippen MR) is 113 cm³/mol. The Bertz CT molecular complexity index is 1160. The number of benzene rings is 1. The maximum absolute atomic E-state index is 12.5. The lowest BCUT2D eigenvalue weighted by atomic mass is 10.2. The minimum Gasteiger partial charge on any atom is -0.387 e. The van der Waals surface area contributed by atoms with Crippen molar-refractivity contribution in [2.24, 2.45) is 0 Å². The third-order valence-electron chi connectivity index (χ3n) is 4.60. The molecule has 30 heavy (non-hydrogen) atoms. The van der Waals surface area contributed by atoms with Crippen LogP contribution in [0.2, 0.25) is 0 Å². The van der Waals surface area contributed by atoms with Crippen molar-refractivity contribution in [2.75, 3.05) is 7.05 Å². The maximum atomic E-state index is 12.5. The third kappa shape index (κ3) is 4.74. The van der Waals surface area contributed by atoms with Crippen LogP contribution in [-0.4, -0.2) is 37.4 Å². The Morgan fingerprint density at radius 3 is 2.77 bits per heavy atom. The Labute approximate surface area is 177 Å². The number of nitrogens with zero attached hydrogens (tertiary/aromatic N) is 5. The quantitative estimate of drug-likeness (QED) is 0.435. The molecule has 0 N–H and O–H groups in total. The van der Waals surface area contributed by atoms with Crippen LogP contribution in [0.5, 0.6) is 0 Å². The van der Waals surface area contributed by atoms with Crippen molar-refractivity contribution in [3.63, 3.8) is 0 Å². The van der Waals surface area contributed by atoms with Crippen molar-refractivity contribution in [3.8, 4) is 10.8 Å². The van der Waals surface area contributed by atoms with Crippen LogP contribution in [0, 0.1) is 0 Å². The van der Waals surface area contributed by atoms with Crippen molar-refractivity contribution in [2.45, 2.75) is 26.1 Å².